The number of hydrogen-bond donors (Lipinski definition) is 1. The molecule has 1 aromatic heterocycles. The second-order valence-electron chi connectivity index (χ2n) is 7.37. The number of amides is 1. The Hall–Kier alpha value is -3.27. The first-order valence-electron chi connectivity index (χ1n) is 9.74. The fraction of sp³-hybridized carbons (Fsp3) is 0.208. The van der Waals surface area contributed by atoms with E-state index < -0.39 is 0 Å². The molecule has 1 saturated carbocycles. The summed E-state index contributed by atoms with van der Waals surface area (Å²) in [4.78, 5) is 18.2. The number of nitrogens with zero attached hydrogens (tertiary/aromatic N) is 1. The van der Waals surface area contributed by atoms with Gasteiger partial charge >= 0.3 is 0 Å². The molecule has 4 aromatic rings. The molecule has 0 unspecified atom stereocenters. The summed E-state index contributed by atoms with van der Waals surface area (Å²) in [5.41, 5.74) is 2.27. The van der Waals surface area contributed by atoms with Gasteiger partial charge in [0.05, 0.1) is 0 Å². The van der Waals surface area contributed by atoms with Crippen LogP contribution in [0.1, 0.15) is 18.4 Å². The first-order chi connectivity index (χ1) is 13.8. The van der Waals surface area contributed by atoms with Crippen molar-refractivity contribution in [3.8, 4) is 5.75 Å². The Morgan fingerprint density at radius 3 is 2.68 bits per heavy atom. The summed E-state index contributed by atoms with van der Waals surface area (Å²) >= 11 is 0. The molecule has 1 aliphatic carbocycles. The number of rotatable bonds is 6. The van der Waals surface area contributed by atoms with Crippen molar-refractivity contribution in [2.24, 2.45) is 0 Å². The molecule has 0 spiro atoms. The van der Waals surface area contributed by atoms with Crippen LogP contribution in [0.25, 0.3) is 21.7 Å². The van der Waals surface area contributed by atoms with E-state index in [1.54, 1.807) is 0 Å². The van der Waals surface area contributed by atoms with E-state index in [4.69, 9.17) is 4.74 Å². The highest BCUT2D eigenvalue weighted by molar-refractivity contribution is 5.89. The van der Waals surface area contributed by atoms with Crippen molar-refractivity contribution in [2.75, 3.05) is 6.61 Å². The SMILES string of the molecule is O=C(COc1cccc2ccccc12)N(Cc1cccc2[nH]ccc12)C1CC1. The topological polar surface area (TPSA) is 45.3 Å². The maximum atomic E-state index is 13.0. The number of fused-ring (bicyclic) bond motifs is 2. The smallest absolute Gasteiger partial charge is 0.261 e. The number of aromatic nitrogens is 1. The van der Waals surface area contributed by atoms with Crippen molar-refractivity contribution in [1.29, 1.82) is 0 Å². The van der Waals surface area contributed by atoms with Gasteiger partial charge in [0, 0.05) is 35.1 Å². The van der Waals surface area contributed by atoms with Crippen LogP contribution in [0.3, 0.4) is 0 Å². The van der Waals surface area contributed by atoms with E-state index in [-0.39, 0.29) is 12.5 Å². The van der Waals surface area contributed by atoms with Crippen molar-refractivity contribution < 1.29 is 9.53 Å². The van der Waals surface area contributed by atoms with Crippen LogP contribution in [-0.4, -0.2) is 28.4 Å². The Morgan fingerprint density at radius 1 is 0.964 bits per heavy atom. The van der Waals surface area contributed by atoms with Gasteiger partial charge in [0.15, 0.2) is 6.61 Å². The molecular formula is C24H22N2O2. The molecule has 0 aliphatic heterocycles. The Kier molecular flexibility index (Phi) is 4.24. The molecule has 5 rings (SSSR count). The van der Waals surface area contributed by atoms with Crippen LogP contribution in [-0.2, 0) is 11.3 Å². The minimum Gasteiger partial charge on any atom is -0.483 e. The van der Waals surface area contributed by atoms with Crippen molar-refractivity contribution in [3.63, 3.8) is 0 Å². The summed E-state index contributed by atoms with van der Waals surface area (Å²) in [5.74, 6) is 0.804. The van der Waals surface area contributed by atoms with E-state index in [1.165, 1.54) is 10.9 Å². The summed E-state index contributed by atoms with van der Waals surface area (Å²) in [5, 5.41) is 3.33. The van der Waals surface area contributed by atoms with Gasteiger partial charge in [-0.3, -0.25) is 4.79 Å². The number of H-pyrrole nitrogens is 1. The number of benzene rings is 3. The maximum Gasteiger partial charge on any atom is 0.261 e. The van der Waals surface area contributed by atoms with Crippen LogP contribution in [0.5, 0.6) is 5.75 Å². The minimum absolute atomic E-state index is 0.0444. The number of carbonyl (C=O) groups excluding carboxylic acids is 1. The third kappa shape index (κ3) is 3.22. The molecule has 140 valence electrons. The van der Waals surface area contributed by atoms with Gasteiger partial charge in [0.25, 0.3) is 5.91 Å². The fourth-order valence-corrected chi connectivity index (χ4v) is 3.82. The molecule has 0 atom stereocenters. The largest absolute Gasteiger partial charge is 0.483 e. The van der Waals surface area contributed by atoms with Crippen LogP contribution in [0, 0.1) is 0 Å². The first kappa shape index (κ1) is 16.9. The summed E-state index contributed by atoms with van der Waals surface area (Å²) < 4.78 is 5.95. The highest BCUT2D eigenvalue weighted by atomic mass is 16.5. The third-order valence-corrected chi connectivity index (χ3v) is 5.43. The van der Waals surface area contributed by atoms with Gasteiger partial charge in [-0.2, -0.15) is 0 Å². The van der Waals surface area contributed by atoms with Crippen molar-refractivity contribution >= 4 is 27.6 Å². The molecule has 0 saturated heterocycles. The molecule has 3 aromatic carbocycles. The van der Waals surface area contributed by atoms with Crippen LogP contribution < -0.4 is 4.74 Å². The van der Waals surface area contributed by atoms with Crippen molar-refractivity contribution in [3.05, 3.63) is 78.5 Å². The lowest BCUT2D eigenvalue weighted by Gasteiger charge is -2.23. The zero-order valence-electron chi connectivity index (χ0n) is 15.6. The van der Waals surface area contributed by atoms with E-state index in [1.807, 2.05) is 47.5 Å². The summed E-state index contributed by atoms with van der Waals surface area (Å²) in [6.45, 7) is 0.686. The van der Waals surface area contributed by atoms with E-state index in [0.29, 0.717) is 12.6 Å². The lowest BCUT2D eigenvalue weighted by Crippen LogP contribution is -2.36. The van der Waals surface area contributed by atoms with Crippen molar-refractivity contribution in [2.45, 2.75) is 25.4 Å². The minimum atomic E-state index is 0.0444. The lowest BCUT2D eigenvalue weighted by molar-refractivity contribution is -0.134. The molecule has 1 amide bonds. The zero-order valence-corrected chi connectivity index (χ0v) is 15.6. The van der Waals surface area contributed by atoms with E-state index in [0.717, 1.165) is 34.9 Å². The average molecular weight is 370 g/mol. The van der Waals surface area contributed by atoms with Gasteiger partial charge in [0.2, 0.25) is 0 Å². The molecule has 4 nitrogen and oxygen atoms in total. The quantitative estimate of drug-likeness (QED) is 0.525. The number of nitrogens with one attached hydrogen (secondary N) is 1. The van der Waals surface area contributed by atoms with E-state index in [9.17, 15) is 4.79 Å². The molecular weight excluding hydrogens is 348 g/mol. The molecule has 1 N–H and O–H groups in total. The Bertz CT molecular complexity index is 1140. The summed E-state index contributed by atoms with van der Waals surface area (Å²) in [6, 6.07) is 22.6. The second-order valence-corrected chi connectivity index (χ2v) is 7.37. The fourth-order valence-electron chi connectivity index (χ4n) is 3.82. The van der Waals surface area contributed by atoms with Crippen LogP contribution >= 0.6 is 0 Å². The highest BCUT2D eigenvalue weighted by Gasteiger charge is 2.33. The van der Waals surface area contributed by atoms with E-state index in [2.05, 4.69) is 35.3 Å². The Balaban J connectivity index is 1.34. The predicted molar refractivity (Wildman–Crippen MR) is 111 cm³/mol. The predicted octanol–water partition coefficient (Wildman–Crippen LogP) is 4.89. The number of ether oxygens (including phenoxy) is 1. The normalized spacial score (nSPS) is 13.7. The van der Waals surface area contributed by atoms with Crippen LogP contribution in [0.4, 0.5) is 0 Å². The Morgan fingerprint density at radius 2 is 1.79 bits per heavy atom. The highest BCUT2D eigenvalue weighted by Crippen LogP contribution is 2.31. The molecule has 0 radical (unpaired) electrons. The summed E-state index contributed by atoms with van der Waals surface area (Å²) in [6.07, 6.45) is 4.09. The maximum absolute atomic E-state index is 13.0. The van der Waals surface area contributed by atoms with Gasteiger partial charge in [-0.25, -0.2) is 0 Å². The number of aromatic amines is 1. The molecule has 1 fully saturated rings. The van der Waals surface area contributed by atoms with Gasteiger partial charge < -0.3 is 14.6 Å². The third-order valence-electron chi connectivity index (χ3n) is 5.43. The molecule has 28 heavy (non-hydrogen) atoms. The number of hydrogen-bond acceptors (Lipinski definition) is 2. The Labute approximate surface area is 163 Å². The zero-order chi connectivity index (χ0) is 18.9. The summed E-state index contributed by atoms with van der Waals surface area (Å²) in [7, 11) is 0. The lowest BCUT2D eigenvalue weighted by atomic mass is 10.1. The number of carbonyl (C=O) groups is 1. The van der Waals surface area contributed by atoms with E-state index >= 15 is 0 Å². The monoisotopic (exact) mass is 370 g/mol. The van der Waals surface area contributed by atoms with Gasteiger partial charge in [-0.1, -0.05) is 48.5 Å². The standard InChI is InChI=1S/C24H22N2O2/c27-24(16-28-23-10-4-6-17-5-1-2-8-21(17)23)26(19-11-12-19)15-18-7-3-9-22-20(18)13-14-25-22/h1-10,13-14,19,25H,11-12,15-16H2. The molecule has 1 heterocycles. The van der Waals surface area contributed by atoms with Gasteiger partial charge in [-0.05, 0) is 42.0 Å². The first-order valence-corrected chi connectivity index (χ1v) is 9.74. The van der Waals surface area contributed by atoms with Crippen LogP contribution in [0.15, 0.2) is 72.9 Å². The molecule has 0 bridgehead atoms. The van der Waals surface area contributed by atoms with Gasteiger partial charge in [0.1, 0.15) is 5.75 Å². The second kappa shape index (κ2) is 7.04. The molecule has 1 aliphatic rings. The van der Waals surface area contributed by atoms with Crippen LogP contribution in [0.2, 0.25) is 0 Å². The molecule has 4 heteroatoms. The average Bonchev–Trinajstić information content (AvgIpc) is 3.45. The van der Waals surface area contributed by atoms with Crippen molar-refractivity contribution in [1.82, 2.24) is 9.88 Å². The van der Waals surface area contributed by atoms with Gasteiger partial charge in [-0.15, -0.1) is 0 Å².